The number of hydrogen-bond acceptors (Lipinski definition) is 4. The van der Waals surface area contributed by atoms with Crippen molar-refractivity contribution in [2.24, 2.45) is 5.73 Å². The van der Waals surface area contributed by atoms with Crippen molar-refractivity contribution in [3.05, 3.63) is 20.8 Å². The average Bonchev–Trinajstić information content (AvgIpc) is 2.69. The highest BCUT2D eigenvalue weighted by atomic mass is 79.9. The number of nitrogens with two attached hydrogens (primary N) is 1. The summed E-state index contributed by atoms with van der Waals surface area (Å²) in [7, 11) is 0. The molecule has 0 saturated carbocycles. The molecule has 1 rings (SSSR count). The van der Waals surface area contributed by atoms with Gasteiger partial charge in [0.05, 0.1) is 17.0 Å². The van der Waals surface area contributed by atoms with Crippen LogP contribution in [-0.4, -0.2) is 25.9 Å². The summed E-state index contributed by atoms with van der Waals surface area (Å²) in [5.41, 5.74) is 5.94. The zero-order valence-corrected chi connectivity index (χ0v) is 12.7. The number of thiophene rings is 1. The third-order valence-corrected chi connectivity index (χ3v) is 3.91. The lowest BCUT2D eigenvalue weighted by Gasteiger charge is -2.20. The Labute approximate surface area is 115 Å². The minimum absolute atomic E-state index is 0.0216. The van der Waals surface area contributed by atoms with Gasteiger partial charge in [-0.05, 0) is 41.4 Å². The average molecular weight is 322 g/mol. The summed E-state index contributed by atoms with van der Waals surface area (Å²) in [4.78, 5) is 1.15. The highest BCUT2D eigenvalue weighted by Crippen LogP contribution is 2.30. The first-order valence-electron chi connectivity index (χ1n) is 5.85. The van der Waals surface area contributed by atoms with Crippen LogP contribution in [0.1, 0.15) is 31.2 Å². The van der Waals surface area contributed by atoms with E-state index in [1.54, 1.807) is 11.3 Å². The van der Waals surface area contributed by atoms with E-state index in [4.69, 9.17) is 15.2 Å². The Hall–Kier alpha value is 0.0600. The predicted octanol–water partition coefficient (Wildman–Crippen LogP) is 3.34. The minimum Gasteiger partial charge on any atom is -0.379 e. The first kappa shape index (κ1) is 15.1. The molecule has 0 radical (unpaired) electrons. The Balaban J connectivity index is 2.39. The zero-order valence-electron chi connectivity index (χ0n) is 10.3. The molecule has 2 N–H and O–H groups in total. The van der Waals surface area contributed by atoms with Crippen LogP contribution in [0, 0.1) is 0 Å². The maximum Gasteiger partial charge on any atom is 0.107 e. The van der Waals surface area contributed by atoms with Gasteiger partial charge >= 0.3 is 0 Å². The van der Waals surface area contributed by atoms with Crippen molar-refractivity contribution >= 4 is 27.3 Å². The molecular weight excluding hydrogens is 302 g/mol. The molecule has 0 aliphatic carbocycles. The quantitative estimate of drug-likeness (QED) is 0.747. The van der Waals surface area contributed by atoms with Crippen LogP contribution in [0.2, 0.25) is 0 Å². The van der Waals surface area contributed by atoms with Crippen LogP contribution in [0.15, 0.2) is 15.9 Å². The Kier molecular flexibility index (Phi) is 7.30. The lowest BCUT2D eigenvalue weighted by atomic mass is 10.1. The van der Waals surface area contributed by atoms with Crippen LogP contribution in [0.5, 0.6) is 0 Å². The van der Waals surface area contributed by atoms with Gasteiger partial charge in [-0.25, -0.2) is 0 Å². The van der Waals surface area contributed by atoms with E-state index in [0.29, 0.717) is 13.2 Å². The minimum atomic E-state index is -0.0449. The van der Waals surface area contributed by atoms with Gasteiger partial charge in [-0.2, -0.15) is 0 Å². The third-order valence-electron chi connectivity index (χ3n) is 2.23. The SMILES string of the molecule is CCCOCCOC(c1ccc(Br)s1)C(C)N. The van der Waals surface area contributed by atoms with Crippen LogP contribution in [0.3, 0.4) is 0 Å². The molecule has 5 heteroatoms. The van der Waals surface area contributed by atoms with E-state index in [2.05, 4.69) is 28.9 Å². The summed E-state index contributed by atoms with van der Waals surface area (Å²) < 4.78 is 12.3. The molecule has 98 valence electrons. The molecule has 2 unspecified atom stereocenters. The standard InChI is InChI=1S/C12H20BrNO2S/c1-3-6-15-7-8-16-12(9(2)14)10-4-5-11(13)17-10/h4-5,9,12H,3,6-8,14H2,1-2H3. The molecule has 1 aromatic rings. The molecule has 0 bridgehead atoms. The molecule has 0 amide bonds. The molecular formula is C12H20BrNO2S. The van der Waals surface area contributed by atoms with Gasteiger partial charge in [0.15, 0.2) is 0 Å². The molecule has 0 fully saturated rings. The Morgan fingerprint density at radius 3 is 2.65 bits per heavy atom. The number of halogens is 1. The van der Waals surface area contributed by atoms with E-state index < -0.39 is 0 Å². The van der Waals surface area contributed by atoms with E-state index in [1.807, 2.05) is 13.0 Å². The Bertz CT molecular complexity index is 317. The molecule has 17 heavy (non-hydrogen) atoms. The largest absolute Gasteiger partial charge is 0.379 e. The molecule has 0 saturated heterocycles. The summed E-state index contributed by atoms with van der Waals surface area (Å²) in [6, 6.07) is 4.05. The number of rotatable bonds is 8. The van der Waals surface area contributed by atoms with E-state index in [0.717, 1.165) is 21.7 Å². The lowest BCUT2D eigenvalue weighted by molar-refractivity contribution is -0.00316. The first-order chi connectivity index (χ1) is 8.15. The molecule has 1 aromatic heterocycles. The van der Waals surface area contributed by atoms with Crippen LogP contribution in [0.25, 0.3) is 0 Å². The highest BCUT2D eigenvalue weighted by molar-refractivity contribution is 9.11. The van der Waals surface area contributed by atoms with Gasteiger partial charge in [-0.1, -0.05) is 6.92 Å². The Morgan fingerprint density at radius 2 is 2.12 bits per heavy atom. The Morgan fingerprint density at radius 1 is 1.35 bits per heavy atom. The second kappa shape index (κ2) is 8.21. The lowest BCUT2D eigenvalue weighted by Crippen LogP contribution is -2.27. The zero-order chi connectivity index (χ0) is 12.7. The fraction of sp³-hybridized carbons (Fsp3) is 0.667. The predicted molar refractivity (Wildman–Crippen MR) is 75.5 cm³/mol. The maximum absolute atomic E-state index is 5.94. The summed E-state index contributed by atoms with van der Waals surface area (Å²) >= 11 is 5.11. The summed E-state index contributed by atoms with van der Waals surface area (Å²) in [6.07, 6.45) is 0.991. The van der Waals surface area contributed by atoms with Crippen molar-refractivity contribution < 1.29 is 9.47 Å². The molecule has 0 spiro atoms. The fourth-order valence-corrected chi connectivity index (χ4v) is 3.04. The van der Waals surface area contributed by atoms with Gasteiger partial charge in [0.25, 0.3) is 0 Å². The second-order valence-corrected chi connectivity index (χ2v) is 6.40. The topological polar surface area (TPSA) is 44.5 Å². The van der Waals surface area contributed by atoms with Crippen molar-refractivity contribution in [1.82, 2.24) is 0 Å². The summed E-state index contributed by atoms with van der Waals surface area (Å²) in [6.45, 7) is 6.06. The van der Waals surface area contributed by atoms with Gasteiger partial charge in [-0.3, -0.25) is 0 Å². The van der Waals surface area contributed by atoms with E-state index >= 15 is 0 Å². The molecule has 0 aliphatic rings. The van der Waals surface area contributed by atoms with Crippen LogP contribution in [0.4, 0.5) is 0 Å². The van der Waals surface area contributed by atoms with Gasteiger partial charge in [-0.15, -0.1) is 11.3 Å². The molecule has 0 aliphatic heterocycles. The van der Waals surface area contributed by atoms with E-state index in [-0.39, 0.29) is 12.1 Å². The summed E-state index contributed by atoms with van der Waals surface area (Å²) in [5, 5.41) is 0. The van der Waals surface area contributed by atoms with Crippen LogP contribution in [-0.2, 0) is 9.47 Å². The summed E-state index contributed by atoms with van der Waals surface area (Å²) in [5.74, 6) is 0. The smallest absolute Gasteiger partial charge is 0.107 e. The number of ether oxygens (including phenoxy) is 2. The van der Waals surface area contributed by atoms with Crippen molar-refractivity contribution in [1.29, 1.82) is 0 Å². The van der Waals surface area contributed by atoms with Crippen molar-refractivity contribution in [2.45, 2.75) is 32.4 Å². The first-order valence-corrected chi connectivity index (χ1v) is 7.46. The van der Waals surface area contributed by atoms with Crippen LogP contribution >= 0.6 is 27.3 Å². The second-order valence-electron chi connectivity index (χ2n) is 3.90. The van der Waals surface area contributed by atoms with Crippen molar-refractivity contribution in [3.8, 4) is 0 Å². The molecule has 2 atom stereocenters. The fourth-order valence-electron chi connectivity index (χ4n) is 1.45. The van der Waals surface area contributed by atoms with Gasteiger partial charge in [0.2, 0.25) is 0 Å². The normalized spacial score (nSPS) is 14.8. The van der Waals surface area contributed by atoms with E-state index in [1.165, 1.54) is 0 Å². The third kappa shape index (κ3) is 5.48. The molecule has 3 nitrogen and oxygen atoms in total. The molecule has 1 heterocycles. The highest BCUT2D eigenvalue weighted by Gasteiger charge is 2.18. The monoisotopic (exact) mass is 321 g/mol. The van der Waals surface area contributed by atoms with Gasteiger partial charge < -0.3 is 15.2 Å². The van der Waals surface area contributed by atoms with Crippen LogP contribution < -0.4 is 5.73 Å². The number of hydrogen-bond donors (Lipinski definition) is 1. The van der Waals surface area contributed by atoms with Gasteiger partial charge in [0, 0.05) is 17.5 Å². The maximum atomic E-state index is 5.94. The van der Waals surface area contributed by atoms with Crippen molar-refractivity contribution in [3.63, 3.8) is 0 Å². The van der Waals surface area contributed by atoms with Crippen molar-refractivity contribution in [2.75, 3.05) is 19.8 Å². The van der Waals surface area contributed by atoms with Gasteiger partial charge in [0.1, 0.15) is 6.10 Å². The van der Waals surface area contributed by atoms with E-state index in [9.17, 15) is 0 Å². The molecule has 0 aromatic carbocycles.